The van der Waals surface area contributed by atoms with Gasteiger partial charge in [-0.3, -0.25) is 24.0 Å². The predicted molar refractivity (Wildman–Crippen MR) is 176 cm³/mol. The fraction of sp³-hybridized carbons (Fsp3) is 0.853. The Morgan fingerprint density at radius 2 is 1.11 bits per heavy atom. The minimum absolute atomic E-state index is 0.0123. The Morgan fingerprint density at radius 3 is 1.61 bits per heavy atom. The van der Waals surface area contributed by atoms with Gasteiger partial charge in [-0.2, -0.15) is 0 Å². The van der Waals surface area contributed by atoms with Crippen LogP contribution in [-0.2, 0) is 28.7 Å². The lowest BCUT2D eigenvalue weighted by Crippen LogP contribution is -2.54. The number of esters is 1. The number of amides is 4. The molecule has 0 aromatic heterocycles. The Morgan fingerprint density at radius 1 is 0.614 bits per heavy atom. The van der Waals surface area contributed by atoms with Gasteiger partial charge >= 0.3 is 5.97 Å². The number of hydrogen-bond acceptors (Lipinski definition) is 6. The van der Waals surface area contributed by atoms with Gasteiger partial charge in [0.25, 0.3) is 0 Å². The van der Waals surface area contributed by atoms with Crippen molar-refractivity contribution in [1.82, 2.24) is 21.3 Å². The van der Waals surface area contributed by atoms with Crippen molar-refractivity contribution >= 4 is 29.6 Å². The highest BCUT2D eigenvalue weighted by Gasteiger charge is 2.27. The molecule has 0 rings (SSSR count). The molecule has 4 N–H and O–H groups in total. The average Bonchev–Trinajstić information content (AvgIpc) is 2.99. The first-order chi connectivity index (χ1) is 21.1. The molecule has 0 aromatic rings. The van der Waals surface area contributed by atoms with Gasteiger partial charge in [0.1, 0.15) is 6.04 Å². The molecule has 0 heterocycles. The average molecular weight is 625 g/mol. The normalized spacial score (nSPS) is 12.3. The maximum absolute atomic E-state index is 13.1. The molecule has 256 valence electrons. The smallest absolute Gasteiger partial charge is 0.307 e. The summed E-state index contributed by atoms with van der Waals surface area (Å²) in [7, 11) is 1.30. The molecule has 0 aliphatic rings. The van der Waals surface area contributed by atoms with Crippen LogP contribution in [0.2, 0.25) is 0 Å². The first-order valence-corrected chi connectivity index (χ1v) is 17.3. The van der Waals surface area contributed by atoms with Crippen molar-refractivity contribution < 1.29 is 28.7 Å². The molecule has 10 heteroatoms. The van der Waals surface area contributed by atoms with Gasteiger partial charge in [-0.1, -0.05) is 105 Å². The number of hydrogen-bond donors (Lipinski definition) is 4. The summed E-state index contributed by atoms with van der Waals surface area (Å²) >= 11 is 0. The standard InChI is InChI=1S/C34H64N4O6/c1-6-8-10-12-14-16-18-22-29(39)35-24-20-21-28(25-32(42)44-5)37-34(43)33(27(3)4)38-31(41)26-36-30(40)23-19-17-15-13-11-9-7-2/h27-28,33H,6-26H2,1-5H3,(H,35,39)(H,36,40)(H,37,43)(H,38,41)/t28?,33-/m0/s1. The summed E-state index contributed by atoms with van der Waals surface area (Å²) in [6.07, 6.45) is 17.8. The number of rotatable bonds is 28. The molecule has 0 aromatic carbocycles. The van der Waals surface area contributed by atoms with Crippen molar-refractivity contribution in [3.63, 3.8) is 0 Å². The van der Waals surface area contributed by atoms with E-state index in [2.05, 4.69) is 35.1 Å². The number of methoxy groups -OCH3 is 1. The van der Waals surface area contributed by atoms with Crippen molar-refractivity contribution in [1.29, 1.82) is 0 Å². The summed E-state index contributed by atoms with van der Waals surface area (Å²) in [5.74, 6) is -1.67. The molecule has 44 heavy (non-hydrogen) atoms. The first kappa shape index (κ1) is 41.4. The van der Waals surface area contributed by atoms with Crippen LogP contribution < -0.4 is 21.3 Å². The molecular weight excluding hydrogens is 560 g/mol. The number of carbonyl (C=O) groups excluding carboxylic acids is 5. The van der Waals surface area contributed by atoms with E-state index in [9.17, 15) is 24.0 Å². The molecule has 2 atom stereocenters. The van der Waals surface area contributed by atoms with Crippen LogP contribution in [0.15, 0.2) is 0 Å². The Hall–Kier alpha value is -2.65. The molecule has 10 nitrogen and oxygen atoms in total. The van der Waals surface area contributed by atoms with Gasteiger partial charge in [-0.05, 0) is 31.6 Å². The van der Waals surface area contributed by atoms with E-state index in [1.165, 1.54) is 58.5 Å². The molecule has 0 fully saturated rings. The van der Waals surface area contributed by atoms with Crippen LogP contribution in [0.5, 0.6) is 0 Å². The van der Waals surface area contributed by atoms with E-state index in [4.69, 9.17) is 4.74 Å². The van der Waals surface area contributed by atoms with Crippen molar-refractivity contribution in [3.8, 4) is 0 Å². The third kappa shape index (κ3) is 23.8. The van der Waals surface area contributed by atoms with Gasteiger partial charge in [0.05, 0.1) is 20.1 Å². The lowest BCUT2D eigenvalue weighted by molar-refractivity contribution is -0.141. The zero-order chi connectivity index (χ0) is 33.0. The Kier molecular flexibility index (Phi) is 26.2. The second-order valence-corrected chi connectivity index (χ2v) is 12.3. The molecule has 1 unspecified atom stereocenters. The minimum Gasteiger partial charge on any atom is -0.469 e. The Labute approximate surface area is 267 Å². The van der Waals surface area contributed by atoms with Crippen LogP contribution in [0, 0.1) is 5.92 Å². The van der Waals surface area contributed by atoms with E-state index in [0.717, 1.165) is 38.5 Å². The summed E-state index contributed by atoms with van der Waals surface area (Å²) in [6.45, 7) is 8.27. The van der Waals surface area contributed by atoms with E-state index in [1.807, 2.05) is 13.8 Å². The Bertz CT molecular complexity index is 805. The number of unbranched alkanes of at least 4 members (excludes halogenated alkanes) is 12. The van der Waals surface area contributed by atoms with Gasteiger partial charge in [-0.15, -0.1) is 0 Å². The zero-order valence-electron chi connectivity index (χ0n) is 28.5. The molecule has 0 aliphatic carbocycles. The number of ether oxygens (including phenoxy) is 1. The van der Waals surface area contributed by atoms with E-state index in [0.29, 0.717) is 32.2 Å². The van der Waals surface area contributed by atoms with Crippen LogP contribution in [0.4, 0.5) is 0 Å². The summed E-state index contributed by atoms with van der Waals surface area (Å²) in [4.78, 5) is 62.0. The van der Waals surface area contributed by atoms with Crippen molar-refractivity contribution in [2.75, 3.05) is 20.2 Å². The van der Waals surface area contributed by atoms with Crippen LogP contribution in [0.3, 0.4) is 0 Å². The second kappa shape index (κ2) is 27.9. The topological polar surface area (TPSA) is 143 Å². The third-order valence-corrected chi connectivity index (χ3v) is 7.77. The van der Waals surface area contributed by atoms with E-state index >= 15 is 0 Å². The molecule has 0 bridgehead atoms. The second-order valence-electron chi connectivity index (χ2n) is 12.3. The lowest BCUT2D eigenvalue weighted by atomic mass is 10.0. The Balaban J connectivity index is 4.57. The zero-order valence-corrected chi connectivity index (χ0v) is 28.5. The van der Waals surface area contributed by atoms with Gasteiger partial charge in [0, 0.05) is 25.4 Å². The van der Waals surface area contributed by atoms with Gasteiger partial charge in [0.2, 0.25) is 23.6 Å². The predicted octanol–water partition coefficient (Wildman–Crippen LogP) is 5.47. The SMILES string of the molecule is CCCCCCCCCC(=O)NCCCC(CC(=O)OC)NC(=O)[C@@H](NC(=O)CNC(=O)CCCCCCCCC)C(C)C. The molecular formula is C34H64N4O6. The van der Waals surface area contributed by atoms with Crippen LogP contribution in [0.1, 0.15) is 150 Å². The summed E-state index contributed by atoms with van der Waals surface area (Å²) < 4.78 is 4.81. The number of nitrogens with one attached hydrogen (secondary N) is 4. The minimum atomic E-state index is -0.829. The lowest BCUT2D eigenvalue weighted by Gasteiger charge is -2.25. The molecule has 0 saturated heterocycles. The highest BCUT2D eigenvalue weighted by Crippen LogP contribution is 2.10. The summed E-state index contributed by atoms with van der Waals surface area (Å²) in [5, 5.41) is 11.2. The summed E-state index contributed by atoms with van der Waals surface area (Å²) in [6, 6.07) is -1.33. The van der Waals surface area contributed by atoms with E-state index < -0.39 is 29.9 Å². The molecule has 0 spiro atoms. The highest BCUT2D eigenvalue weighted by molar-refractivity contribution is 5.90. The van der Waals surface area contributed by atoms with Gasteiger partial charge < -0.3 is 26.0 Å². The van der Waals surface area contributed by atoms with Gasteiger partial charge in [-0.25, -0.2) is 0 Å². The molecule has 0 radical (unpaired) electrons. The summed E-state index contributed by atoms with van der Waals surface area (Å²) in [5.41, 5.74) is 0. The fourth-order valence-corrected chi connectivity index (χ4v) is 4.98. The van der Waals surface area contributed by atoms with Crippen molar-refractivity contribution in [2.24, 2.45) is 5.92 Å². The van der Waals surface area contributed by atoms with Crippen molar-refractivity contribution in [3.05, 3.63) is 0 Å². The molecule has 0 saturated carbocycles. The third-order valence-electron chi connectivity index (χ3n) is 7.77. The van der Waals surface area contributed by atoms with E-state index in [1.54, 1.807) is 0 Å². The largest absolute Gasteiger partial charge is 0.469 e. The highest BCUT2D eigenvalue weighted by atomic mass is 16.5. The quantitative estimate of drug-likeness (QED) is 0.0672. The molecule has 4 amide bonds. The molecule has 0 aliphatic heterocycles. The van der Waals surface area contributed by atoms with E-state index in [-0.39, 0.29) is 30.7 Å². The monoisotopic (exact) mass is 624 g/mol. The van der Waals surface area contributed by atoms with Crippen LogP contribution >= 0.6 is 0 Å². The first-order valence-electron chi connectivity index (χ1n) is 17.3. The van der Waals surface area contributed by atoms with Crippen molar-refractivity contribution in [2.45, 2.75) is 162 Å². The van der Waals surface area contributed by atoms with Crippen LogP contribution in [0.25, 0.3) is 0 Å². The van der Waals surface area contributed by atoms with Crippen LogP contribution in [-0.4, -0.2) is 61.9 Å². The van der Waals surface area contributed by atoms with Gasteiger partial charge in [0.15, 0.2) is 0 Å². The maximum Gasteiger partial charge on any atom is 0.307 e. The maximum atomic E-state index is 13.1. The fourth-order valence-electron chi connectivity index (χ4n) is 4.98. The number of carbonyl (C=O) groups is 5.